The van der Waals surface area contributed by atoms with Gasteiger partial charge in [0, 0.05) is 24.6 Å². The quantitative estimate of drug-likeness (QED) is 0.724. The van der Waals surface area contributed by atoms with E-state index in [1.807, 2.05) is 6.07 Å². The summed E-state index contributed by atoms with van der Waals surface area (Å²) < 4.78 is 14.3. The molecular formula is C20H16FN3O3. The summed E-state index contributed by atoms with van der Waals surface area (Å²) in [6.45, 7) is 0. The SMILES string of the molecule is O=C1CCCC(=O)N1c1cc(Cc2n[nH]c(=O)c3ccccc23)ccc1F. The zero-order valence-corrected chi connectivity index (χ0v) is 14.4. The van der Waals surface area contributed by atoms with E-state index in [2.05, 4.69) is 10.2 Å². The third-order valence-corrected chi connectivity index (χ3v) is 4.68. The fourth-order valence-electron chi connectivity index (χ4n) is 3.36. The Kier molecular flexibility index (Phi) is 4.27. The van der Waals surface area contributed by atoms with Crippen LogP contribution < -0.4 is 10.5 Å². The number of carbonyl (C=O) groups excluding carboxylic acids is 2. The number of amides is 2. The summed E-state index contributed by atoms with van der Waals surface area (Å²) in [4.78, 5) is 37.1. The Morgan fingerprint density at radius 3 is 2.44 bits per heavy atom. The van der Waals surface area contributed by atoms with Crippen molar-refractivity contribution in [2.75, 3.05) is 4.90 Å². The minimum atomic E-state index is -0.623. The highest BCUT2D eigenvalue weighted by molar-refractivity contribution is 6.16. The van der Waals surface area contributed by atoms with Crippen molar-refractivity contribution in [3.05, 3.63) is 69.9 Å². The average Bonchev–Trinajstić information content (AvgIpc) is 2.66. The highest BCUT2D eigenvalue weighted by atomic mass is 19.1. The zero-order chi connectivity index (χ0) is 19.0. The van der Waals surface area contributed by atoms with Gasteiger partial charge in [-0.25, -0.2) is 14.4 Å². The van der Waals surface area contributed by atoms with Crippen LogP contribution in [0, 0.1) is 5.82 Å². The molecule has 1 aromatic heterocycles. The van der Waals surface area contributed by atoms with Crippen molar-refractivity contribution in [3.8, 4) is 0 Å². The third-order valence-electron chi connectivity index (χ3n) is 4.68. The van der Waals surface area contributed by atoms with E-state index in [9.17, 15) is 18.8 Å². The van der Waals surface area contributed by atoms with E-state index < -0.39 is 17.6 Å². The van der Waals surface area contributed by atoms with Crippen LogP contribution in [0.25, 0.3) is 10.8 Å². The van der Waals surface area contributed by atoms with Gasteiger partial charge in [0.1, 0.15) is 5.82 Å². The number of H-pyrrole nitrogens is 1. The normalized spacial score (nSPS) is 14.8. The number of hydrogen-bond acceptors (Lipinski definition) is 4. The van der Waals surface area contributed by atoms with E-state index in [0.717, 1.165) is 4.90 Å². The first-order chi connectivity index (χ1) is 13.0. The molecule has 3 aromatic rings. The molecule has 0 aliphatic carbocycles. The molecule has 27 heavy (non-hydrogen) atoms. The lowest BCUT2D eigenvalue weighted by atomic mass is 10.0. The minimum absolute atomic E-state index is 0.0315. The first kappa shape index (κ1) is 17.1. The summed E-state index contributed by atoms with van der Waals surface area (Å²) >= 11 is 0. The van der Waals surface area contributed by atoms with Gasteiger partial charge in [-0.1, -0.05) is 24.3 Å². The number of nitrogens with one attached hydrogen (secondary N) is 1. The smallest absolute Gasteiger partial charge is 0.272 e. The van der Waals surface area contributed by atoms with Crippen LogP contribution >= 0.6 is 0 Å². The summed E-state index contributed by atoms with van der Waals surface area (Å²) in [6.07, 6.45) is 1.26. The summed E-state index contributed by atoms with van der Waals surface area (Å²) in [5.74, 6) is -1.41. The number of fused-ring (bicyclic) bond motifs is 1. The molecule has 2 heterocycles. The van der Waals surface area contributed by atoms with Crippen LogP contribution in [0.2, 0.25) is 0 Å². The zero-order valence-electron chi connectivity index (χ0n) is 14.4. The molecule has 0 spiro atoms. The fourth-order valence-corrected chi connectivity index (χ4v) is 3.36. The summed E-state index contributed by atoms with van der Waals surface area (Å²) in [5.41, 5.74) is 0.996. The van der Waals surface area contributed by atoms with E-state index in [0.29, 0.717) is 34.9 Å². The van der Waals surface area contributed by atoms with Gasteiger partial charge in [-0.05, 0) is 30.2 Å². The second-order valence-electron chi connectivity index (χ2n) is 6.48. The molecule has 7 heteroatoms. The number of benzene rings is 2. The second kappa shape index (κ2) is 6.75. The first-order valence-corrected chi connectivity index (χ1v) is 8.65. The Morgan fingerprint density at radius 1 is 1.00 bits per heavy atom. The van der Waals surface area contributed by atoms with Crippen molar-refractivity contribution in [3.63, 3.8) is 0 Å². The maximum atomic E-state index is 14.3. The van der Waals surface area contributed by atoms with Crippen LogP contribution in [-0.2, 0) is 16.0 Å². The monoisotopic (exact) mass is 365 g/mol. The summed E-state index contributed by atoms with van der Waals surface area (Å²) in [5, 5.41) is 7.81. The number of carbonyl (C=O) groups is 2. The highest BCUT2D eigenvalue weighted by Crippen LogP contribution is 2.27. The minimum Gasteiger partial charge on any atom is -0.274 e. The van der Waals surface area contributed by atoms with E-state index >= 15 is 0 Å². The molecule has 0 unspecified atom stereocenters. The maximum Gasteiger partial charge on any atom is 0.272 e. The van der Waals surface area contributed by atoms with Crippen LogP contribution in [0.1, 0.15) is 30.5 Å². The predicted octanol–water partition coefficient (Wildman–Crippen LogP) is 2.70. The second-order valence-corrected chi connectivity index (χ2v) is 6.48. The van der Waals surface area contributed by atoms with Crippen molar-refractivity contribution in [2.45, 2.75) is 25.7 Å². The molecule has 2 aromatic carbocycles. The molecule has 136 valence electrons. The molecule has 1 aliphatic heterocycles. The van der Waals surface area contributed by atoms with E-state index in [-0.39, 0.29) is 24.1 Å². The van der Waals surface area contributed by atoms with E-state index in [1.165, 1.54) is 12.1 Å². The van der Waals surface area contributed by atoms with Crippen LogP contribution in [0.3, 0.4) is 0 Å². The van der Waals surface area contributed by atoms with Crippen molar-refractivity contribution < 1.29 is 14.0 Å². The van der Waals surface area contributed by atoms with E-state index in [1.54, 1.807) is 24.3 Å². The molecule has 6 nitrogen and oxygen atoms in total. The number of nitrogens with zero attached hydrogens (tertiary/aromatic N) is 2. The van der Waals surface area contributed by atoms with Crippen molar-refractivity contribution >= 4 is 28.3 Å². The number of piperidine rings is 1. The van der Waals surface area contributed by atoms with Crippen molar-refractivity contribution in [2.24, 2.45) is 0 Å². The molecule has 0 radical (unpaired) electrons. The molecular weight excluding hydrogens is 349 g/mol. The van der Waals surface area contributed by atoms with Crippen molar-refractivity contribution in [1.82, 2.24) is 10.2 Å². The van der Waals surface area contributed by atoms with Gasteiger partial charge < -0.3 is 0 Å². The number of rotatable bonds is 3. The summed E-state index contributed by atoms with van der Waals surface area (Å²) in [7, 11) is 0. The van der Waals surface area contributed by atoms with Gasteiger partial charge in [-0.15, -0.1) is 0 Å². The largest absolute Gasteiger partial charge is 0.274 e. The number of aromatic amines is 1. The van der Waals surface area contributed by atoms with E-state index in [4.69, 9.17) is 0 Å². The van der Waals surface area contributed by atoms with Crippen LogP contribution in [0.15, 0.2) is 47.3 Å². The fraction of sp³-hybridized carbons (Fsp3) is 0.200. The molecule has 1 saturated heterocycles. The maximum absolute atomic E-state index is 14.3. The van der Waals surface area contributed by atoms with Crippen LogP contribution in [0.5, 0.6) is 0 Å². The van der Waals surface area contributed by atoms with Crippen LogP contribution in [0.4, 0.5) is 10.1 Å². The van der Waals surface area contributed by atoms with Gasteiger partial charge in [0.25, 0.3) is 5.56 Å². The lowest BCUT2D eigenvalue weighted by Gasteiger charge is -2.25. The topological polar surface area (TPSA) is 83.1 Å². The number of aromatic nitrogens is 2. The Balaban J connectivity index is 1.74. The molecule has 0 saturated carbocycles. The van der Waals surface area contributed by atoms with Gasteiger partial charge >= 0.3 is 0 Å². The Labute approximate surface area is 153 Å². The molecule has 0 bridgehead atoms. The van der Waals surface area contributed by atoms with Gasteiger partial charge in [0.15, 0.2) is 0 Å². The molecule has 0 atom stereocenters. The first-order valence-electron chi connectivity index (χ1n) is 8.65. The molecule has 1 fully saturated rings. The number of halogens is 1. The van der Waals surface area contributed by atoms with Gasteiger partial charge in [-0.2, -0.15) is 5.10 Å². The highest BCUT2D eigenvalue weighted by Gasteiger charge is 2.29. The predicted molar refractivity (Wildman–Crippen MR) is 97.9 cm³/mol. The Hall–Kier alpha value is -3.35. The Morgan fingerprint density at radius 2 is 1.70 bits per heavy atom. The number of imide groups is 1. The van der Waals surface area contributed by atoms with Crippen molar-refractivity contribution in [1.29, 1.82) is 0 Å². The van der Waals surface area contributed by atoms with Gasteiger partial charge in [-0.3, -0.25) is 14.4 Å². The molecule has 4 rings (SSSR count). The van der Waals surface area contributed by atoms with Gasteiger partial charge in [0.2, 0.25) is 11.8 Å². The number of hydrogen-bond donors (Lipinski definition) is 1. The summed E-state index contributed by atoms with van der Waals surface area (Å²) in [6, 6.07) is 11.4. The molecule has 1 N–H and O–H groups in total. The lowest BCUT2D eigenvalue weighted by Crippen LogP contribution is -2.40. The molecule has 2 amide bonds. The van der Waals surface area contributed by atoms with Crippen LogP contribution in [-0.4, -0.2) is 22.0 Å². The third kappa shape index (κ3) is 3.12. The lowest BCUT2D eigenvalue weighted by molar-refractivity contribution is -0.129. The Bertz CT molecular complexity index is 1110. The average molecular weight is 365 g/mol. The molecule has 1 aliphatic rings. The number of anilines is 1. The van der Waals surface area contributed by atoms with Gasteiger partial charge in [0.05, 0.1) is 16.8 Å². The standard InChI is InChI=1S/C20H16FN3O3/c21-15-9-8-12(11-17(15)24-18(25)6-3-7-19(24)26)10-16-13-4-1-2-5-14(13)20(27)23-22-16/h1-2,4-5,8-9,11H,3,6-7,10H2,(H,23,27).